The summed E-state index contributed by atoms with van der Waals surface area (Å²) in [6, 6.07) is 8.35. The van der Waals surface area contributed by atoms with E-state index in [1.807, 2.05) is 16.9 Å². The third-order valence-electron chi connectivity index (χ3n) is 2.62. The van der Waals surface area contributed by atoms with Crippen molar-refractivity contribution < 1.29 is 0 Å². The maximum atomic E-state index is 6.16. The van der Waals surface area contributed by atoms with E-state index >= 15 is 0 Å². The summed E-state index contributed by atoms with van der Waals surface area (Å²) >= 11 is 0. The van der Waals surface area contributed by atoms with Gasteiger partial charge < -0.3 is 5.73 Å². The van der Waals surface area contributed by atoms with Crippen molar-refractivity contribution in [1.29, 1.82) is 0 Å². The molecule has 1 unspecified atom stereocenters. The maximum Gasteiger partial charge on any atom is 0.0602 e. The van der Waals surface area contributed by atoms with Crippen LogP contribution in [0.5, 0.6) is 0 Å². The predicted molar refractivity (Wildman–Crippen MR) is 65.1 cm³/mol. The van der Waals surface area contributed by atoms with Gasteiger partial charge in [0, 0.05) is 18.4 Å². The van der Waals surface area contributed by atoms with Gasteiger partial charge in [-0.05, 0) is 25.5 Å². The second-order valence-corrected chi connectivity index (χ2v) is 4.26. The fraction of sp³-hybridized carbons (Fsp3) is 0.308. The Bertz CT molecular complexity index is 440. The molecule has 84 valence electrons. The van der Waals surface area contributed by atoms with Crippen LogP contribution in [0.25, 0.3) is 0 Å². The minimum atomic E-state index is -0.00139. The van der Waals surface area contributed by atoms with Crippen LogP contribution < -0.4 is 5.73 Å². The number of aromatic nitrogens is 2. The van der Waals surface area contributed by atoms with Crippen molar-refractivity contribution in [2.45, 2.75) is 26.4 Å². The summed E-state index contributed by atoms with van der Waals surface area (Å²) in [6.45, 7) is 4.91. The molecule has 2 aromatic rings. The Morgan fingerprint density at radius 2 is 1.94 bits per heavy atom. The van der Waals surface area contributed by atoms with E-state index in [1.54, 1.807) is 6.20 Å². The van der Waals surface area contributed by atoms with Crippen LogP contribution in [0.1, 0.15) is 22.7 Å². The summed E-state index contributed by atoms with van der Waals surface area (Å²) in [5.74, 6) is 0. The smallest absolute Gasteiger partial charge is 0.0602 e. The normalized spacial score (nSPS) is 12.7. The first kappa shape index (κ1) is 10.9. The van der Waals surface area contributed by atoms with Crippen molar-refractivity contribution in [1.82, 2.24) is 9.78 Å². The van der Waals surface area contributed by atoms with Gasteiger partial charge in [0.05, 0.1) is 6.54 Å². The van der Waals surface area contributed by atoms with Crippen LogP contribution in [-0.4, -0.2) is 9.78 Å². The van der Waals surface area contributed by atoms with E-state index in [0.29, 0.717) is 0 Å². The molecule has 1 aromatic carbocycles. The quantitative estimate of drug-likeness (QED) is 0.853. The molecule has 3 heteroatoms. The number of benzene rings is 1. The summed E-state index contributed by atoms with van der Waals surface area (Å²) < 4.78 is 1.86. The van der Waals surface area contributed by atoms with Crippen LogP contribution >= 0.6 is 0 Å². The fourth-order valence-corrected chi connectivity index (χ4v) is 1.94. The van der Waals surface area contributed by atoms with Crippen molar-refractivity contribution in [2.24, 2.45) is 5.73 Å². The third-order valence-corrected chi connectivity index (χ3v) is 2.62. The molecule has 0 aliphatic heterocycles. The van der Waals surface area contributed by atoms with Crippen molar-refractivity contribution in [3.8, 4) is 0 Å². The number of nitrogens with two attached hydrogens (primary N) is 1. The predicted octanol–water partition coefficient (Wildman–Crippen LogP) is 2.20. The van der Waals surface area contributed by atoms with Crippen LogP contribution in [0.3, 0.4) is 0 Å². The van der Waals surface area contributed by atoms with Gasteiger partial charge in [0.2, 0.25) is 0 Å². The van der Waals surface area contributed by atoms with E-state index < -0.39 is 0 Å². The molecule has 0 spiro atoms. The summed E-state index contributed by atoms with van der Waals surface area (Å²) in [7, 11) is 0. The van der Waals surface area contributed by atoms with Gasteiger partial charge >= 0.3 is 0 Å². The Labute approximate surface area is 95.9 Å². The molecule has 0 bridgehead atoms. The van der Waals surface area contributed by atoms with Gasteiger partial charge in [0.25, 0.3) is 0 Å². The molecule has 0 saturated heterocycles. The van der Waals surface area contributed by atoms with Crippen LogP contribution in [0.15, 0.2) is 36.7 Å². The van der Waals surface area contributed by atoms with Gasteiger partial charge in [0.15, 0.2) is 0 Å². The molecule has 0 fully saturated rings. The zero-order valence-electron chi connectivity index (χ0n) is 9.72. The fourth-order valence-electron chi connectivity index (χ4n) is 1.94. The first-order valence-corrected chi connectivity index (χ1v) is 5.46. The molecule has 0 radical (unpaired) electrons. The molecule has 1 aromatic heterocycles. The molecule has 2 N–H and O–H groups in total. The monoisotopic (exact) mass is 215 g/mol. The van der Waals surface area contributed by atoms with E-state index in [9.17, 15) is 0 Å². The van der Waals surface area contributed by atoms with E-state index in [0.717, 1.165) is 6.54 Å². The average Bonchev–Trinajstić information content (AvgIpc) is 2.68. The first-order valence-electron chi connectivity index (χ1n) is 5.46. The average molecular weight is 215 g/mol. The van der Waals surface area contributed by atoms with Gasteiger partial charge in [-0.2, -0.15) is 5.10 Å². The highest BCUT2D eigenvalue weighted by molar-refractivity contribution is 5.30. The number of nitrogens with zero attached hydrogens (tertiary/aromatic N) is 2. The van der Waals surface area contributed by atoms with Crippen LogP contribution in [0.2, 0.25) is 0 Å². The molecular formula is C13H17N3. The molecule has 2 rings (SSSR count). The lowest BCUT2D eigenvalue weighted by molar-refractivity contribution is 0.527. The highest BCUT2D eigenvalue weighted by atomic mass is 15.3. The minimum Gasteiger partial charge on any atom is -0.322 e. The molecule has 3 nitrogen and oxygen atoms in total. The summed E-state index contributed by atoms with van der Waals surface area (Å²) in [4.78, 5) is 0. The summed E-state index contributed by atoms with van der Waals surface area (Å²) in [6.07, 6.45) is 3.71. The van der Waals surface area contributed by atoms with E-state index in [-0.39, 0.29) is 6.04 Å². The van der Waals surface area contributed by atoms with E-state index in [4.69, 9.17) is 5.73 Å². The zero-order chi connectivity index (χ0) is 11.5. The van der Waals surface area contributed by atoms with Crippen LogP contribution in [0, 0.1) is 13.8 Å². The highest BCUT2D eigenvalue weighted by Crippen LogP contribution is 2.16. The lowest BCUT2D eigenvalue weighted by Gasteiger charge is -2.13. The second kappa shape index (κ2) is 4.49. The Morgan fingerprint density at radius 1 is 1.25 bits per heavy atom. The Hall–Kier alpha value is -1.61. The van der Waals surface area contributed by atoms with Crippen molar-refractivity contribution in [3.05, 3.63) is 53.3 Å². The van der Waals surface area contributed by atoms with Crippen molar-refractivity contribution in [3.63, 3.8) is 0 Å². The molecule has 0 amide bonds. The molecule has 1 heterocycles. The third kappa shape index (κ3) is 2.49. The minimum absolute atomic E-state index is 0.00139. The van der Waals surface area contributed by atoms with Crippen molar-refractivity contribution >= 4 is 0 Å². The van der Waals surface area contributed by atoms with Gasteiger partial charge in [0.1, 0.15) is 0 Å². The van der Waals surface area contributed by atoms with Gasteiger partial charge in [-0.1, -0.05) is 29.3 Å². The molecule has 0 aliphatic carbocycles. The molecule has 0 aliphatic rings. The topological polar surface area (TPSA) is 43.8 Å². The van der Waals surface area contributed by atoms with E-state index in [2.05, 4.69) is 37.1 Å². The maximum absolute atomic E-state index is 6.16. The number of aryl methyl sites for hydroxylation is 2. The lowest BCUT2D eigenvalue weighted by Crippen LogP contribution is -2.18. The number of hydrogen-bond acceptors (Lipinski definition) is 2. The molecule has 16 heavy (non-hydrogen) atoms. The molecule has 1 atom stereocenters. The Kier molecular flexibility index (Phi) is 3.06. The number of rotatable bonds is 3. The summed E-state index contributed by atoms with van der Waals surface area (Å²) in [5, 5.41) is 4.16. The molecular weight excluding hydrogens is 198 g/mol. The van der Waals surface area contributed by atoms with E-state index in [1.165, 1.54) is 16.7 Å². The standard InChI is InChI=1S/C13H17N3/c1-10-6-11(2)8-12(7-10)13(14)9-16-5-3-4-15-16/h3-8,13H,9,14H2,1-2H3. The van der Waals surface area contributed by atoms with Crippen molar-refractivity contribution in [2.75, 3.05) is 0 Å². The second-order valence-electron chi connectivity index (χ2n) is 4.26. The van der Waals surface area contributed by atoms with Gasteiger partial charge in [-0.15, -0.1) is 0 Å². The Morgan fingerprint density at radius 3 is 2.50 bits per heavy atom. The first-order chi connectivity index (χ1) is 7.65. The zero-order valence-corrected chi connectivity index (χ0v) is 9.72. The number of hydrogen-bond donors (Lipinski definition) is 1. The highest BCUT2D eigenvalue weighted by Gasteiger charge is 2.07. The Balaban J connectivity index is 2.17. The summed E-state index contributed by atoms with van der Waals surface area (Å²) in [5.41, 5.74) is 9.85. The van der Waals surface area contributed by atoms with Crippen LogP contribution in [-0.2, 0) is 6.54 Å². The lowest BCUT2D eigenvalue weighted by atomic mass is 10.0. The molecule has 0 saturated carbocycles. The van der Waals surface area contributed by atoms with Crippen LogP contribution in [0.4, 0.5) is 0 Å². The SMILES string of the molecule is Cc1cc(C)cc(C(N)Cn2cccn2)c1. The van der Waals surface area contributed by atoms with Gasteiger partial charge in [-0.25, -0.2) is 0 Å². The largest absolute Gasteiger partial charge is 0.322 e. The van der Waals surface area contributed by atoms with Gasteiger partial charge in [-0.3, -0.25) is 4.68 Å².